The second kappa shape index (κ2) is 31.5. The second-order valence-electron chi connectivity index (χ2n) is 20.1. The van der Waals surface area contributed by atoms with Gasteiger partial charge < -0.3 is 74.2 Å². The summed E-state index contributed by atoms with van der Waals surface area (Å²) in [5, 5.41) is 46.5. The van der Waals surface area contributed by atoms with Crippen molar-refractivity contribution >= 4 is 53.2 Å². The normalized spacial score (nSPS) is 19.6. The van der Waals surface area contributed by atoms with Crippen LogP contribution in [-0.2, 0) is 43.2 Å². The highest BCUT2D eigenvalue weighted by Crippen LogP contribution is 2.27. The molecule has 0 saturated carbocycles. The highest BCUT2D eigenvalue weighted by molar-refractivity contribution is 5.97. The molecule has 0 aromatic rings. The zero-order chi connectivity index (χ0) is 53.5. The SMILES string of the molecule is CC[C@H](C)[C@H](NC(=O)[C@H](C)NC(=O)C[C@H](O)[C@H](CC(C)C)NC(=O)[C@H](CO)NC(=O)[C@@H](N)CC(C)C)C(=O)N1CCC[C@H]1C(=O)N1CCC[C@H]1C(=O)N[C@@H](CCCCN)C(=O)N[C@@H](CCCCN)C(=O)O. The number of aliphatic hydroxyl groups excluding tert-OH is 2. The van der Waals surface area contributed by atoms with Crippen molar-refractivity contribution in [1.29, 1.82) is 0 Å². The van der Waals surface area contributed by atoms with Gasteiger partial charge in [0.1, 0.15) is 42.3 Å². The summed E-state index contributed by atoms with van der Waals surface area (Å²) in [5.41, 5.74) is 17.2. The first-order valence-electron chi connectivity index (χ1n) is 25.6. The molecule has 0 aliphatic carbocycles. The molecule has 2 aliphatic rings. The third kappa shape index (κ3) is 20.2. The Morgan fingerprint density at radius 2 is 1.20 bits per heavy atom. The Morgan fingerprint density at radius 3 is 1.75 bits per heavy atom. The number of hydrogen-bond donors (Lipinski definition) is 12. The zero-order valence-corrected chi connectivity index (χ0v) is 43.1. The first-order valence-corrected chi connectivity index (χ1v) is 25.6. The molecule has 0 aromatic carbocycles. The van der Waals surface area contributed by atoms with Gasteiger partial charge in [-0.3, -0.25) is 38.4 Å². The quantitative estimate of drug-likeness (QED) is 0.0340. The molecular formula is C48H87N11O12. The third-order valence-electron chi connectivity index (χ3n) is 13.1. The van der Waals surface area contributed by atoms with Gasteiger partial charge in [0, 0.05) is 13.1 Å². The molecule has 23 nitrogen and oxygen atoms in total. The summed E-state index contributed by atoms with van der Waals surface area (Å²) in [7, 11) is 0. The van der Waals surface area contributed by atoms with E-state index >= 15 is 0 Å². The second-order valence-corrected chi connectivity index (χ2v) is 20.1. The number of likely N-dealkylation sites (tertiary alicyclic amines) is 2. The van der Waals surface area contributed by atoms with Gasteiger partial charge in [-0.1, -0.05) is 48.0 Å². The van der Waals surface area contributed by atoms with Crippen LogP contribution in [0.15, 0.2) is 0 Å². The lowest BCUT2D eigenvalue weighted by molar-refractivity contribution is -0.149. The number of amides is 8. The highest BCUT2D eigenvalue weighted by atomic mass is 16.4. The molecule has 2 heterocycles. The summed E-state index contributed by atoms with van der Waals surface area (Å²) in [6, 6.07) is -9.73. The molecule has 2 saturated heterocycles. The summed E-state index contributed by atoms with van der Waals surface area (Å²) in [4.78, 5) is 124. The van der Waals surface area contributed by atoms with Gasteiger partial charge in [0.25, 0.3) is 0 Å². The number of aliphatic carboxylic acids is 1. The van der Waals surface area contributed by atoms with Gasteiger partial charge in [0.2, 0.25) is 47.3 Å². The summed E-state index contributed by atoms with van der Waals surface area (Å²) >= 11 is 0. The van der Waals surface area contributed by atoms with E-state index in [0.29, 0.717) is 77.3 Å². The Hall–Kier alpha value is -4.97. The van der Waals surface area contributed by atoms with E-state index in [0.717, 1.165) is 0 Å². The molecule has 406 valence electrons. The predicted molar refractivity (Wildman–Crippen MR) is 264 cm³/mol. The van der Waals surface area contributed by atoms with E-state index in [9.17, 15) is 58.5 Å². The van der Waals surface area contributed by atoms with Crippen LogP contribution in [0, 0.1) is 17.8 Å². The minimum Gasteiger partial charge on any atom is -0.480 e. The molecule has 11 atom stereocenters. The number of carbonyl (C=O) groups is 9. The van der Waals surface area contributed by atoms with Crippen molar-refractivity contribution in [3.8, 4) is 0 Å². The van der Waals surface area contributed by atoms with Crippen molar-refractivity contribution in [3.63, 3.8) is 0 Å². The standard InChI is InChI=1S/C48H87N11O12/c1-8-29(6)40(57-41(63)30(7)52-39(62)25-38(61)34(24-28(4)5)55-44(66)35(26-60)56-42(64)31(51)23-27(2)3)47(69)59-22-14-18-37(59)46(68)58-21-13-17-36(58)45(67)53-32(15-9-11-19-49)43(65)54-33(48(70)71)16-10-12-20-50/h27-38,40,60-61H,8-26,49-51H2,1-7H3,(H,52,62)(H,53,67)(H,54,65)(H,55,66)(H,56,64)(H,57,63)(H,70,71)/t29-,30-,31-,32-,33-,34-,35-,36-,37-,38-,40-/m0/s1. The Kier molecular flexibility index (Phi) is 27.6. The fourth-order valence-corrected chi connectivity index (χ4v) is 8.86. The molecule has 15 N–H and O–H groups in total. The van der Waals surface area contributed by atoms with Gasteiger partial charge in [0.05, 0.1) is 31.2 Å². The average molecular weight is 1010 g/mol. The molecule has 2 rings (SSSR count). The van der Waals surface area contributed by atoms with Crippen LogP contribution in [-0.4, -0.2) is 172 Å². The first kappa shape index (κ1) is 62.1. The molecule has 8 amide bonds. The van der Waals surface area contributed by atoms with Gasteiger partial charge in [-0.25, -0.2) is 4.79 Å². The smallest absolute Gasteiger partial charge is 0.326 e. The Morgan fingerprint density at radius 1 is 0.648 bits per heavy atom. The van der Waals surface area contributed by atoms with Crippen LogP contribution in [0.5, 0.6) is 0 Å². The summed E-state index contributed by atoms with van der Waals surface area (Å²) < 4.78 is 0. The number of carboxylic acid groups (broad SMARTS) is 1. The summed E-state index contributed by atoms with van der Waals surface area (Å²) in [5.74, 6) is -6.65. The topological polar surface area (TPSA) is 371 Å². The van der Waals surface area contributed by atoms with Gasteiger partial charge >= 0.3 is 5.97 Å². The number of aliphatic hydroxyl groups is 2. The van der Waals surface area contributed by atoms with Gasteiger partial charge in [-0.2, -0.15) is 0 Å². The van der Waals surface area contributed by atoms with E-state index in [1.807, 2.05) is 34.6 Å². The number of carbonyl (C=O) groups excluding carboxylic acids is 8. The van der Waals surface area contributed by atoms with Crippen LogP contribution in [0.25, 0.3) is 0 Å². The van der Waals surface area contributed by atoms with Crippen LogP contribution in [0.3, 0.4) is 0 Å². The maximum Gasteiger partial charge on any atom is 0.326 e. The molecule has 2 aliphatic heterocycles. The maximum absolute atomic E-state index is 14.4. The molecule has 23 heteroatoms. The number of unbranched alkanes of at least 4 members (excludes halogenated alkanes) is 2. The number of nitrogens with one attached hydrogen (secondary N) is 6. The molecular weight excluding hydrogens is 923 g/mol. The monoisotopic (exact) mass is 1010 g/mol. The number of rotatable bonds is 32. The minimum absolute atomic E-state index is 0.0612. The molecule has 0 spiro atoms. The van der Waals surface area contributed by atoms with E-state index in [4.69, 9.17) is 17.2 Å². The van der Waals surface area contributed by atoms with Crippen molar-refractivity contribution in [2.45, 2.75) is 199 Å². The van der Waals surface area contributed by atoms with Crippen molar-refractivity contribution in [3.05, 3.63) is 0 Å². The molecule has 71 heavy (non-hydrogen) atoms. The van der Waals surface area contributed by atoms with Gasteiger partial charge in [-0.15, -0.1) is 0 Å². The molecule has 0 aromatic heterocycles. The van der Waals surface area contributed by atoms with Crippen LogP contribution in [0.4, 0.5) is 0 Å². The summed E-state index contributed by atoms with van der Waals surface area (Å²) in [6.07, 6.45) is 3.04. The van der Waals surface area contributed by atoms with Crippen LogP contribution < -0.4 is 49.1 Å². The lowest BCUT2D eigenvalue weighted by Crippen LogP contribution is -2.60. The molecule has 2 fully saturated rings. The fourth-order valence-electron chi connectivity index (χ4n) is 8.86. The van der Waals surface area contributed by atoms with E-state index in [1.54, 1.807) is 6.92 Å². The van der Waals surface area contributed by atoms with E-state index in [1.165, 1.54) is 16.7 Å². The van der Waals surface area contributed by atoms with Crippen molar-refractivity contribution in [2.24, 2.45) is 35.0 Å². The first-order chi connectivity index (χ1) is 33.5. The third-order valence-corrected chi connectivity index (χ3v) is 13.1. The van der Waals surface area contributed by atoms with Crippen LogP contribution in [0.1, 0.15) is 138 Å². The summed E-state index contributed by atoms with van der Waals surface area (Å²) in [6.45, 7) is 12.9. The maximum atomic E-state index is 14.4. The van der Waals surface area contributed by atoms with Crippen LogP contribution >= 0.6 is 0 Å². The molecule has 0 unspecified atom stereocenters. The van der Waals surface area contributed by atoms with Crippen molar-refractivity contribution in [1.82, 2.24) is 41.7 Å². The van der Waals surface area contributed by atoms with E-state index in [-0.39, 0.29) is 44.2 Å². The predicted octanol–water partition coefficient (Wildman–Crippen LogP) is -1.55. The largest absolute Gasteiger partial charge is 0.480 e. The van der Waals surface area contributed by atoms with Crippen molar-refractivity contribution in [2.75, 3.05) is 32.8 Å². The Bertz CT molecular complexity index is 1770. The number of hydrogen-bond acceptors (Lipinski definition) is 14. The van der Waals surface area contributed by atoms with Gasteiger partial charge in [-0.05, 0) is 115 Å². The number of nitrogens with two attached hydrogens (primary N) is 3. The highest BCUT2D eigenvalue weighted by Gasteiger charge is 2.45. The Labute approximate surface area is 419 Å². The average Bonchev–Trinajstić information content (AvgIpc) is 4.02. The molecule has 0 radical (unpaired) electrons. The molecule has 0 bridgehead atoms. The lowest BCUT2D eigenvalue weighted by atomic mass is 9.96. The number of carboxylic acids is 1. The fraction of sp³-hybridized carbons (Fsp3) is 0.812. The zero-order valence-electron chi connectivity index (χ0n) is 43.1. The van der Waals surface area contributed by atoms with E-state index in [2.05, 4.69) is 31.9 Å². The number of nitrogens with zero attached hydrogens (tertiary/aromatic N) is 2. The van der Waals surface area contributed by atoms with E-state index < -0.39 is 133 Å². The van der Waals surface area contributed by atoms with Gasteiger partial charge in [0.15, 0.2) is 0 Å². The Balaban J connectivity index is 2.16. The minimum atomic E-state index is -1.44. The lowest BCUT2D eigenvalue weighted by Gasteiger charge is -2.35. The van der Waals surface area contributed by atoms with Crippen molar-refractivity contribution < 1.29 is 58.5 Å². The van der Waals surface area contributed by atoms with Crippen LogP contribution in [0.2, 0.25) is 0 Å².